The Balaban J connectivity index is 4.20. The molecule has 5 nitrogen and oxygen atoms in total. The highest BCUT2D eigenvalue weighted by Gasteiger charge is 2.21. The van der Waals surface area contributed by atoms with Crippen molar-refractivity contribution in [3.63, 3.8) is 0 Å². The molecule has 0 saturated carbocycles. The Hall–Kier alpha value is -0.200. The number of hydrogen-bond donors (Lipinski definition) is 0. The fraction of sp³-hybridized carbons (Fsp3) is 1.00. The molecule has 2 atom stereocenters. The van der Waals surface area contributed by atoms with Crippen LogP contribution in [0.4, 0.5) is 0 Å². The van der Waals surface area contributed by atoms with E-state index in [0.717, 1.165) is 6.42 Å². The third-order valence-corrected chi connectivity index (χ3v) is 3.41. The first-order valence-corrected chi connectivity index (χ1v) is 8.90. The quantitative estimate of drug-likeness (QED) is 0.191. The lowest BCUT2D eigenvalue weighted by Gasteiger charge is -2.26. The third-order valence-electron chi connectivity index (χ3n) is 3.41. The van der Waals surface area contributed by atoms with Gasteiger partial charge < -0.3 is 14.2 Å². The van der Waals surface area contributed by atoms with Gasteiger partial charge >= 0.3 is 0 Å². The topological polar surface area (TPSA) is 46.2 Å². The predicted molar refractivity (Wildman–Crippen MR) is 92.3 cm³/mol. The van der Waals surface area contributed by atoms with Crippen LogP contribution >= 0.6 is 0 Å². The van der Waals surface area contributed by atoms with Crippen LogP contribution in [0.25, 0.3) is 0 Å². The van der Waals surface area contributed by atoms with Gasteiger partial charge in [0.15, 0.2) is 6.29 Å². The van der Waals surface area contributed by atoms with Gasteiger partial charge in [0.25, 0.3) is 0 Å². The average Bonchev–Trinajstić information content (AvgIpc) is 2.50. The summed E-state index contributed by atoms with van der Waals surface area (Å²) in [4.78, 5) is 10.9. The second-order valence-electron chi connectivity index (χ2n) is 6.88. The second kappa shape index (κ2) is 14.2. The van der Waals surface area contributed by atoms with E-state index in [2.05, 4.69) is 6.92 Å². The fourth-order valence-corrected chi connectivity index (χ4v) is 2.12. The van der Waals surface area contributed by atoms with E-state index in [9.17, 15) is 0 Å². The van der Waals surface area contributed by atoms with Gasteiger partial charge in [-0.25, -0.2) is 9.78 Å². The van der Waals surface area contributed by atoms with E-state index in [0.29, 0.717) is 19.6 Å². The van der Waals surface area contributed by atoms with Crippen molar-refractivity contribution in [2.24, 2.45) is 0 Å². The van der Waals surface area contributed by atoms with Crippen molar-refractivity contribution in [2.45, 2.75) is 90.6 Å². The number of unbranched alkanes of at least 4 members (excludes halogenated alkanes) is 4. The van der Waals surface area contributed by atoms with Crippen LogP contribution in [0, 0.1) is 0 Å². The van der Waals surface area contributed by atoms with Crippen molar-refractivity contribution in [1.29, 1.82) is 0 Å². The molecule has 0 bridgehead atoms. The lowest BCUT2D eigenvalue weighted by atomic mass is 10.1. The number of hydrogen-bond acceptors (Lipinski definition) is 5. The highest BCUT2D eigenvalue weighted by molar-refractivity contribution is 4.62. The van der Waals surface area contributed by atoms with Crippen LogP contribution in [0.3, 0.4) is 0 Å². The molecule has 0 spiro atoms. The maximum absolute atomic E-state index is 5.70. The second-order valence-corrected chi connectivity index (χ2v) is 6.88. The summed E-state index contributed by atoms with van der Waals surface area (Å²) in [5.41, 5.74) is -0.369. The molecular weight excluding hydrogens is 296 g/mol. The number of methoxy groups -OCH3 is 2. The number of ether oxygens (including phenoxy) is 3. The van der Waals surface area contributed by atoms with Gasteiger partial charge in [-0.15, -0.1) is 0 Å². The van der Waals surface area contributed by atoms with Gasteiger partial charge in [0, 0.05) is 20.6 Å². The largest absolute Gasteiger partial charge is 0.382 e. The van der Waals surface area contributed by atoms with E-state index in [1.54, 1.807) is 14.2 Å². The molecule has 0 N–H and O–H groups in total. The molecule has 0 saturated heterocycles. The van der Waals surface area contributed by atoms with Crippen molar-refractivity contribution in [1.82, 2.24) is 0 Å². The average molecular weight is 334 g/mol. The van der Waals surface area contributed by atoms with Crippen molar-refractivity contribution >= 4 is 0 Å². The summed E-state index contributed by atoms with van der Waals surface area (Å²) in [6, 6.07) is 0. The van der Waals surface area contributed by atoms with E-state index in [-0.39, 0.29) is 11.7 Å². The van der Waals surface area contributed by atoms with Gasteiger partial charge in [0.05, 0.1) is 24.9 Å². The van der Waals surface area contributed by atoms with Crippen LogP contribution in [0.1, 0.15) is 72.6 Å². The Morgan fingerprint density at radius 3 is 2.17 bits per heavy atom. The molecule has 0 radical (unpaired) electrons. The molecule has 2 unspecified atom stereocenters. The van der Waals surface area contributed by atoms with E-state index in [4.69, 9.17) is 24.0 Å². The van der Waals surface area contributed by atoms with Crippen LogP contribution in [0.5, 0.6) is 0 Å². The zero-order valence-corrected chi connectivity index (χ0v) is 16.1. The Labute approximate surface area is 142 Å². The Bertz CT molecular complexity index is 252. The molecular formula is C18H38O5. The highest BCUT2D eigenvalue weighted by atomic mass is 17.2. The van der Waals surface area contributed by atoms with Gasteiger partial charge in [0.1, 0.15) is 0 Å². The summed E-state index contributed by atoms with van der Waals surface area (Å²) < 4.78 is 16.3. The minimum atomic E-state index is -0.440. The van der Waals surface area contributed by atoms with Crippen LogP contribution in [0.15, 0.2) is 0 Å². The fourth-order valence-electron chi connectivity index (χ4n) is 2.12. The van der Waals surface area contributed by atoms with Crippen LogP contribution in [-0.2, 0) is 24.0 Å². The van der Waals surface area contributed by atoms with Crippen LogP contribution in [-0.4, -0.2) is 45.4 Å². The summed E-state index contributed by atoms with van der Waals surface area (Å²) in [7, 11) is 3.40. The molecule has 0 amide bonds. The Kier molecular flexibility index (Phi) is 14.0. The molecule has 0 aromatic rings. The van der Waals surface area contributed by atoms with E-state index >= 15 is 0 Å². The molecule has 23 heavy (non-hydrogen) atoms. The van der Waals surface area contributed by atoms with Gasteiger partial charge in [-0.05, 0) is 27.2 Å². The minimum absolute atomic E-state index is 0.118. The standard InChI is InChI=1S/C18H38O5/c1-7-8-9-10-11-12-16(20-6)15-17(21-14-13-19-5)22-23-18(2,3)4/h16-17H,7-15H2,1-6H3. The molecule has 0 heterocycles. The number of rotatable bonds is 15. The summed E-state index contributed by atoms with van der Waals surface area (Å²) in [5.74, 6) is 0. The van der Waals surface area contributed by atoms with Crippen LogP contribution < -0.4 is 0 Å². The summed E-state index contributed by atoms with van der Waals surface area (Å²) in [6.07, 6.45) is 7.64. The first-order valence-electron chi connectivity index (χ1n) is 8.90. The van der Waals surface area contributed by atoms with Gasteiger partial charge in [-0.2, -0.15) is 0 Å². The Morgan fingerprint density at radius 2 is 1.61 bits per heavy atom. The molecule has 5 heteroatoms. The molecule has 0 aromatic carbocycles. The third kappa shape index (κ3) is 15.1. The monoisotopic (exact) mass is 334 g/mol. The zero-order chi connectivity index (χ0) is 17.6. The van der Waals surface area contributed by atoms with Crippen molar-refractivity contribution < 1.29 is 24.0 Å². The molecule has 0 aliphatic heterocycles. The van der Waals surface area contributed by atoms with E-state index in [1.165, 1.54) is 32.1 Å². The van der Waals surface area contributed by atoms with Gasteiger partial charge in [0.2, 0.25) is 0 Å². The van der Waals surface area contributed by atoms with Crippen molar-refractivity contribution in [2.75, 3.05) is 27.4 Å². The van der Waals surface area contributed by atoms with Crippen molar-refractivity contribution in [3.05, 3.63) is 0 Å². The normalized spacial score (nSPS) is 14.9. The summed E-state index contributed by atoms with van der Waals surface area (Å²) in [6.45, 7) is 9.07. The first kappa shape index (κ1) is 22.8. The SMILES string of the molecule is CCCCCCCC(CC(OCCOC)OOC(C)(C)C)OC. The molecule has 0 aromatic heterocycles. The van der Waals surface area contributed by atoms with Gasteiger partial charge in [-0.3, -0.25) is 0 Å². The van der Waals surface area contributed by atoms with E-state index in [1.807, 2.05) is 20.8 Å². The lowest BCUT2D eigenvalue weighted by molar-refractivity contribution is -0.419. The lowest BCUT2D eigenvalue weighted by Crippen LogP contribution is -2.30. The predicted octanol–water partition coefficient (Wildman–Crippen LogP) is 4.49. The van der Waals surface area contributed by atoms with Crippen molar-refractivity contribution in [3.8, 4) is 0 Å². The van der Waals surface area contributed by atoms with Crippen LogP contribution in [0.2, 0.25) is 0 Å². The van der Waals surface area contributed by atoms with E-state index < -0.39 is 6.29 Å². The molecule has 140 valence electrons. The smallest absolute Gasteiger partial charge is 0.193 e. The minimum Gasteiger partial charge on any atom is -0.382 e. The maximum atomic E-state index is 5.70. The maximum Gasteiger partial charge on any atom is 0.193 e. The van der Waals surface area contributed by atoms with Gasteiger partial charge in [-0.1, -0.05) is 39.0 Å². The molecule has 0 aliphatic carbocycles. The zero-order valence-electron chi connectivity index (χ0n) is 16.1. The molecule has 0 rings (SSSR count). The first-order chi connectivity index (χ1) is 10.9. The molecule has 0 fully saturated rings. The summed E-state index contributed by atoms with van der Waals surface area (Å²) >= 11 is 0. The Morgan fingerprint density at radius 1 is 0.913 bits per heavy atom. The summed E-state index contributed by atoms with van der Waals surface area (Å²) in [5, 5.41) is 0. The molecule has 0 aliphatic rings. The highest BCUT2D eigenvalue weighted by Crippen LogP contribution is 2.18.